The van der Waals surface area contributed by atoms with Crippen LogP contribution >= 0.6 is 0 Å². The summed E-state index contributed by atoms with van der Waals surface area (Å²) >= 11 is 0. The van der Waals surface area contributed by atoms with E-state index in [0.29, 0.717) is 19.4 Å². The summed E-state index contributed by atoms with van der Waals surface area (Å²) in [6.07, 6.45) is 1.93. The highest BCUT2D eigenvalue weighted by atomic mass is 19.1. The summed E-state index contributed by atoms with van der Waals surface area (Å²) in [5, 5.41) is 0. The molecule has 0 heterocycles. The Hall–Kier alpha value is -1.09. The minimum atomic E-state index is -1.08. The molecular weight excluding hydrogens is 217 g/mol. The number of hydrogen-bond acceptors (Lipinski definition) is 2. The highest BCUT2D eigenvalue weighted by molar-refractivity contribution is 5.34. The molecule has 2 unspecified atom stereocenters. The van der Waals surface area contributed by atoms with Crippen molar-refractivity contribution in [2.75, 3.05) is 13.7 Å². The van der Waals surface area contributed by atoms with E-state index >= 15 is 0 Å². The summed E-state index contributed by atoms with van der Waals surface area (Å²) in [4.78, 5) is 0. The molecule has 0 bridgehead atoms. The third kappa shape index (κ3) is 2.29. The van der Waals surface area contributed by atoms with Gasteiger partial charge in [0.15, 0.2) is 0 Å². The topological polar surface area (TPSA) is 35.2 Å². The van der Waals surface area contributed by atoms with Crippen LogP contribution in [0.5, 0.6) is 5.75 Å². The van der Waals surface area contributed by atoms with Crippen molar-refractivity contribution in [1.29, 1.82) is 0 Å². The van der Waals surface area contributed by atoms with E-state index in [1.54, 1.807) is 14.0 Å². The fourth-order valence-corrected chi connectivity index (χ4v) is 2.87. The smallest absolute Gasteiger partial charge is 0.118 e. The van der Waals surface area contributed by atoms with Gasteiger partial charge < -0.3 is 10.5 Å². The Morgan fingerprint density at radius 1 is 1.29 bits per heavy atom. The molecule has 17 heavy (non-hydrogen) atoms. The Morgan fingerprint density at radius 2 is 1.94 bits per heavy atom. The van der Waals surface area contributed by atoms with E-state index in [9.17, 15) is 4.39 Å². The molecular formula is C14H20FNO. The molecule has 0 spiro atoms. The molecule has 2 rings (SSSR count). The van der Waals surface area contributed by atoms with Crippen molar-refractivity contribution in [3.05, 3.63) is 29.8 Å². The van der Waals surface area contributed by atoms with E-state index in [1.807, 2.05) is 24.3 Å². The van der Waals surface area contributed by atoms with Gasteiger partial charge in [0, 0.05) is 12.0 Å². The zero-order valence-corrected chi connectivity index (χ0v) is 10.5. The van der Waals surface area contributed by atoms with Crippen LogP contribution in [-0.4, -0.2) is 19.3 Å². The third-order valence-electron chi connectivity index (χ3n) is 3.92. The van der Waals surface area contributed by atoms with Crippen LogP contribution < -0.4 is 10.5 Å². The monoisotopic (exact) mass is 237 g/mol. The van der Waals surface area contributed by atoms with Crippen molar-refractivity contribution in [3.8, 4) is 5.75 Å². The van der Waals surface area contributed by atoms with E-state index in [1.165, 1.54) is 0 Å². The normalized spacial score (nSPS) is 32.7. The van der Waals surface area contributed by atoms with Gasteiger partial charge in [-0.25, -0.2) is 4.39 Å². The lowest BCUT2D eigenvalue weighted by Gasteiger charge is -2.29. The number of rotatable bonds is 3. The maximum Gasteiger partial charge on any atom is 0.118 e. The van der Waals surface area contributed by atoms with E-state index in [-0.39, 0.29) is 5.41 Å². The Labute approximate surface area is 102 Å². The van der Waals surface area contributed by atoms with E-state index in [2.05, 4.69) is 0 Å². The van der Waals surface area contributed by atoms with Gasteiger partial charge in [-0.05, 0) is 43.9 Å². The van der Waals surface area contributed by atoms with Crippen molar-refractivity contribution in [3.63, 3.8) is 0 Å². The molecule has 2 atom stereocenters. The summed E-state index contributed by atoms with van der Waals surface area (Å²) in [6, 6.07) is 7.85. The Bertz CT molecular complexity index is 388. The molecule has 0 amide bonds. The van der Waals surface area contributed by atoms with E-state index in [0.717, 1.165) is 17.7 Å². The first-order valence-corrected chi connectivity index (χ1v) is 6.05. The predicted octanol–water partition coefficient (Wildman–Crippen LogP) is 2.80. The van der Waals surface area contributed by atoms with Gasteiger partial charge in [-0.1, -0.05) is 12.1 Å². The van der Waals surface area contributed by atoms with Crippen LogP contribution in [0, 0.1) is 0 Å². The molecule has 0 saturated heterocycles. The van der Waals surface area contributed by atoms with Crippen LogP contribution in [0.25, 0.3) is 0 Å². The number of hydrogen-bond donors (Lipinski definition) is 1. The molecule has 0 radical (unpaired) electrons. The quantitative estimate of drug-likeness (QED) is 0.877. The maximum absolute atomic E-state index is 14.0. The first-order valence-electron chi connectivity index (χ1n) is 6.05. The molecule has 94 valence electrons. The highest BCUT2D eigenvalue weighted by Gasteiger charge is 2.46. The van der Waals surface area contributed by atoms with Crippen LogP contribution in [0.15, 0.2) is 24.3 Å². The number of benzene rings is 1. The summed E-state index contributed by atoms with van der Waals surface area (Å²) in [7, 11) is 1.64. The van der Waals surface area contributed by atoms with Crippen molar-refractivity contribution in [1.82, 2.24) is 0 Å². The summed E-state index contributed by atoms with van der Waals surface area (Å²) in [5.41, 5.74) is 5.74. The van der Waals surface area contributed by atoms with Gasteiger partial charge in [-0.3, -0.25) is 0 Å². The maximum atomic E-state index is 14.0. The van der Waals surface area contributed by atoms with Crippen LogP contribution in [0.3, 0.4) is 0 Å². The second kappa shape index (κ2) is 4.30. The fraction of sp³-hybridized carbons (Fsp3) is 0.571. The second-order valence-corrected chi connectivity index (χ2v) is 5.30. The van der Waals surface area contributed by atoms with E-state index in [4.69, 9.17) is 10.5 Å². The fourth-order valence-electron chi connectivity index (χ4n) is 2.87. The van der Waals surface area contributed by atoms with Gasteiger partial charge in [-0.2, -0.15) is 0 Å². The summed E-state index contributed by atoms with van der Waals surface area (Å²) < 4.78 is 19.2. The average molecular weight is 237 g/mol. The standard InChI is InChI=1S/C14H20FNO/c1-13(15)7-8-14(9-13,10-16)11-3-5-12(17-2)6-4-11/h3-6H,7-10,16H2,1-2H3. The van der Waals surface area contributed by atoms with Gasteiger partial charge in [-0.15, -0.1) is 0 Å². The number of ether oxygens (including phenoxy) is 1. The summed E-state index contributed by atoms with van der Waals surface area (Å²) in [5.74, 6) is 0.821. The lowest BCUT2D eigenvalue weighted by Crippen LogP contribution is -2.34. The minimum Gasteiger partial charge on any atom is -0.497 e. The SMILES string of the molecule is COc1ccc(C2(CN)CCC(C)(F)C2)cc1. The second-order valence-electron chi connectivity index (χ2n) is 5.30. The first kappa shape index (κ1) is 12.4. The molecule has 0 aliphatic heterocycles. The van der Waals surface area contributed by atoms with Crippen LogP contribution in [0.1, 0.15) is 31.7 Å². The van der Waals surface area contributed by atoms with Gasteiger partial charge in [0.1, 0.15) is 11.4 Å². The molecule has 2 N–H and O–H groups in total. The number of alkyl halides is 1. The Balaban J connectivity index is 2.29. The Kier molecular flexibility index (Phi) is 3.13. The molecule has 1 aromatic carbocycles. The third-order valence-corrected chi connectivity index (χ3v) is 3.92. The molecule has 2 nitrogen and oxygen atoms in total. The zero-order chi connectivity index (χ0) is 12.5. The van der Waals surface area contributed by atoms with Crippen molar-refractivity contribution in [2.45, 2.75) is 37.3 Å². The summed E-state index contributed by atoms with van der Waals surface area (Å²) in [6.45, 7) is 2.17. The highest BCUT2D eigenvalue weighted by Crippen LogP contribution is 2.47. The van der Waals surface area contributed by atoms with Gasteiger partial charge in [0.25, 0.3) is 0 Å². The largest absolute Gasteiger partial charge is 0.497 e. The van der Waals surface area contributed by atoms with Crippen molar-refractivity contribution < 1.29 is 9.13 Å². The van der Waals surface area contributed by atoms with E-state index < -0.39 is 5.67 Å². The van der Waals surface area contributed by atoms with Gasteiger partial charge in [0.2, 0.25) is 0 Å². The lowest BCUT2D eigenvalue weighted by atomic mass is 9.78. The lowest BCUT2D eigenvalue weighted by molar-refractivity contribution is 0.187. The average Bonchev–Trinajstić information content (AvgIpc) is 2.66. The van der Waals surface area contributed by atoms with Crippen LogP contribution in [-0.2, 0) is 5.41 Å². The van der Waals surface area contributed by atoms with Crippen LogP contribution in [0.4, 0.5) is 4.39 Å². The number of methoxy groups -OCH3 is 1. The Morgan fingerprint density at radius 3 is 2.35 bits per heavy atom. The van der Waals surface area contributed by atoms with Crippen molar-refractivity contribution >= 4 is 0 Å². The molecule has 0 aromatic heterocycles. The minimum absolute atomic E-state index is 0.199. The molecule has 1 aliphatic carbocycles. The number of halogens is 1. The predicted molar refractivity (Wildman–Crippen MR) is 67.1 cm³/mol. The molecule has 1 aromatic rings. The van der Waals surface area contributed by atoms with Crippen LogP contribution in [0.2, 0.25) is 0 Å². The first-order chi connectivity index (χ1) is 8.01. The molecule has 3 heteroatoms. The molecule has 1 saturated carbocycles. The molecule has 1 aliphatic rings. The van der Waals surface area contributed by atoms with Gasteiger partial charge >= 0.3 is 0 Å². The zero-order valence-electron chi connectivity index (χ0n) is 10.5. The van der Waals surface area contributed by atoms with Crippen molar-refractivity contribution in [2.24, 2.45) is 5.73 Å². The molecule has 1 fully saturated rings. The van der Waals surface area contributed by atoms with Gasteiger partial charge in [0.05, 0.1) is 7.11 Å². The number of nitrogens with two attached hydrogens (primary N) is 1.